The third kappa shape index (κ3) is 2.85. The van der Waals surface area contributed by atoms with Gasteiger partial charge < -0.3 is 5.11 Å². The van der Waals surface area contributed by atoms with E-state index >= 15 is 0 Å². The summed E-state index contributed by atoms with van der Waals surface area (Å²) in [6.45, 7) is 4.38. The van der Waals surface area contributed by atoms with Crippen molar-refractivity contribution >= 4 is 0 Å². The van der Waals surface area contributed by atoms with Crippen molar-refractivity contribution in [2.24, 2.45) is 5.92 Å². The molecule has 0 spiro atoms. The minimum absolute atomic E-state index is 0.284. The molecule has 0 amide bonds. The number of aliphatic hydroxyl groups excluding tert-OH is 1. The summed E-state index contributed by atoms with van der Waals surface area (Å²) in [4.78, 5) is 0. The fourth-order valence-electron chi connectivity index (χ4n) is 2.12. The summed E-state index contributed by atoms with van der Waals surface area (Å²) >= 11 is 0. The molecule has 16 heavy (non-hydrogen) atoms. The zero-order valence-corrected chi connectivity index (χ0v) is 10.3. The van der Waals surface area contributed by atoms with E-state index < -0.39 is 0 Å². The predicted octanol–water partition coefficient (Wildman–Crippen LogP) is 4.03. The Kier molecular flexibility index (Phi) is 3.65. The van der Waals surface area contributed by atoms with Gasteiger partial charge in [-0.05, 0) is 42.2 Å². The number of rotatable bonds is 5. The third-order valence-electron chi connectivity index (χ3n) is 3.67. The van der Waals surface area contributed by atoms with Gasteiger partial charge in [0.05, 0.1) is 6.10 Å². The van der Waals surface area contributed by atoms with E-state index in [1.165, 1.54) is 18.4 Å². The topological polar surface area (TPSA) is 20.2 Å². The first kappa shape index (κ1) is 11.7. The molecule has 2 unspecified atom stereocenters. The van der Waals surface area contributed by atoms with Gasteiger partial charge in [0.2, 0.25) is 0 Å². The van der Waals surface area contributed by atoms with Crippen LogP contribution in [0.2, 0.25) is 0 Å². The lowest BCUT2D eigenvalue weighted by Crippen LogP contribution is -2.04. The number of benzene rings is 1. The second kappa shape index (κ2) is 5.01. The molecule has 1 N–H and O–H groups in total. The van der Waals surface area contributed by atoms with Crippen molar-refractivity contribution in [3.63, 3.8) is 0 Å². The van der Waals surface area contributed by atoms with Crippen LogP contribution in [0.1, 0.15) is 62.7 Å². The first-order valence-electron chi connectivity index (χ1n) is 6.48. The predicted molar refractivity (Wildman–Crippen MR) is 67.4 cm³/mol. The second-order valence-electron chi connectivity index (χ2n) is 5.21. The van der Waals surface area contributed by atoms with Gasteiger partial charge in [0, 0.05) is 0 Å². The summed E-state index contributed by atoms with van der Waals surface area (Å²) < 4.78 is 0. The standard InChI is InChI=1S/C15H22O/c1-3-11(2)9-15(16)14-6-4-5-13(10-14)12-7-8-12/h4-6,10-12,15-16H,3,7-9H2,1-2H3. The van der Waals surface area contributed by atoms with Crippen LogP contribution in [0.25, 0.3) is 0 Å². The Morgan fingerprint density at radius 1 is 1.38 bits per heavy atom. The van der Waals surface area contributed by atoms with Gasteiger partial charge in [-0.15, -0.1) is 0 Å². The molecule has 0 bridgehead atoms. The number of aliphatic hydroxyl groups is 1. The van der Waals surface area contributed by atoms with Crippen molar-refractivity contribution < 1.29 is 5.11 Å². The molecule has 1 aromatic rings. The fourth-order valence-corrected chi connectivity index (χ4v) is 2.12. The molecule has 1 heteroatoms. The molecule has 0 aliphatic heterocycles. The van der Waals surface area contributed by atoms with Gasteiger partial charge in [0.15, 0.2) is 0 Å². The summed E-state index contributed by atoms with van der Waals surface area (Å²) in [6.07, 6.45) is 4.38. The molecule has 0 heterocycles. The van der Waals surface area contributed by atoms with Crippen molar-refractivity contribution in [1.29, 1.82) is 0 Å². The van der Waals surface area contributed by atoms with E-state index in [4.69, 9.17) is 0 Å². The lowest BCUT2D eigenvalue weighted by molar-refractivity contribution is 0.146. The Morgan fingerprint density at radius 3 is 2.75 bits per heavy atom. The molecule has 1 nitrogen and oxygen atoms in total. The Labute approximate surface area is 98.5 Å². The average molecular weight is 218 g/mol. The van der Waals surface area contributed by atoms with Gasteiger partial charge in [-0.3, -0.25) is 0 Å². The quantitative estimate of drug-likeness (QED) is 0.791. The molecule has 2 rings (SSSR count). The molecular formula is C15H22O. The van der Waals surface area contributed by atoms with Crippen LogP contribution >= 0.6 is 0 Å². The average Bonchev–Trinajstić information content (AvgIpc) is 3.13. The SMILES string of the molecule is CCC(C)CC(O)c1cccc(C2CC2)c1. The van der Waals surface area contributed by atoms with Crippen molar-refractivity contribution in [2.45, 2.75) is 51.6 Å². The van der Waals surface area contributed by atoms with Gasteiger partial charge >= 0.3 is 0 Å². The van der Waals surface area contributed by atoms with Gasteiger partial charge in [-0.2, -0.15) is 0 Å². The smallest absolute Gasteiger partial charge is 0.0792 e. The van der Waals surface area contributed by atoms with Crippen LogP contribution in [-0.4, -0.2) is 5.11 Å². The molecule has 0 saturated heterocycles. The van der Waals surface area contributed by atoms with Gasteiger partial charge in [0.1, 0.15) is 0 Å². The zero-order chi connectivity index (χ0) is 11.5. The van der Waals surface area contributed by atoms with Crippen molar-refractivity contribution in [3.05, 3.63) is 35.4 Å². The number of hydrogen-bond donors (Lipinski definition) is 1. The van der Waals surface area contributed by atoms with E-state index in [-0.39, 0.29) is 6.10 Å². The minimum Gasteiger partial charge on any atom is -0.388 e. The lowest BCUT2D eigenvalue weighted by atomic mass is 9.95. The highest BCUT2D eigenvalue weighted by Gasteiger charge is 2.24. The highest BCUT2D eigenvalue weighted by atomic mass is 16.3. The van der Waals surface area contributed by atoms with Crippen LogP contribution < -0.4 is 0 Å². The van der Waals surface area contributed by atoms with Crippen molar-refractivity contribution in [1.82, 2.24) is 0 Å². The maximum absolute atomic E-state index is 10.1. The molecule has 0 aromatic heterocycles. The van der Waals surface area contributed by atoms with E-state index in [0.717, 1.165) is 24.3 Å². The number of hydrogen-bond acceptors (Lipinski definition) is 1. The normalized spacial score (nSPS) is 19.4. The molecule has 1 aliphatic carbocycles. The minimum atomic E-state index is -0.284. The lowest BCUT2D eigenvalue weighted by Gasteiger charge is -2.16. The Balaban J connectivity index is 2.04. The van der Waals surface area contributed by atoms with Crippen LogP contribution in [0, 0.1) is 5.92 Å². The summed E-state index contributed by atoms with van der Waals surface area (Å²) in [5.74, 6) is 1.37. The van der Waals surface area contributed by atoms with E-state index in [1.807, 2.05) is 0 Å². The van der Waals surface area contributed by atoms with Gasteiger partial charge in [-0.25, -0.2) is 0 Å². The highest BCUT2D eigenvalue weighted by molar-refractivity contribution is 5.30. The Morgan fingerprint density at radius 2 is 2.12 bits per heavy atom. The monoisotopic (exact) mass is 218 g/mol. The summed E-state index contributed by atoms with van der Waals surface area (Å²) in [5.41, 5.74) is 2.52. The van der Waals surface area contributed by atoms with Crippen LogP contribution in [0.5, 0.6) is 0 Å². The Bertz CT molecular complexity index is 341. The van der Waals surface area contributed by atoms with Crippen LogP contribution in [0.3, 0.4) is 0 Å². The molecule has 88 valence electrons. The van der Waals surface area contributed by atoms with Crippen molar-refractivity contribution in [2.75, 3.05) is 0 Å². The summed E-state index contributed by atoms with van der Waals surface area (Å²) in [5, 5.41) is 10.1. The second-order valence-corrected chi connectivity index (χ2v) is 5.21. The molecule has 1 aliphatic rings. The molecule has 1 saturated carbocycles. The molecule has 0 radical (unpaired) electrons. The van der Waals surface area contributed by atoms with Crippen LogP contribution in [-0.2, 0) is 0 Å². The van der Waals surface area contributed by atoms with Gasteiger partial charge in [0.25, 0.3) is 0 Å². The van der Waals surface area contributed by atoms with Crippen LogP contribution in [0.4, 0.5) is 0 Å². The van der Waals surface area contributed by atoms with E-state index in [0.29, 0.717) is 5.92 Å². The van der Waals surface area contributed by atoms with Crippen LogP contribution in [0.15, 0.2) is 24.3 Å². The largest absolute Gasteiger partial charge is 0.388 e. The Hall–Kier alpha value is -0.820. The van der Waals surface area contributed by atoms with E-state index in [1.54, 1.807) is 0 Å². The maximum atomic E-state index is 10.1. The molecule has 1 aromatic carbocycles. The zero-order valence-electron chi connectivity index (χ0n) is 10.3. The third-order valence-corrected chi connectivity index (χ3v) is 3.67. The van der Waals surface area contributed by atoms with Crippen molar-refractivity contribution in [3.8, 4) is 0 Å². The molecular weight excluding hydrogens is 196 g/mol. The summed E-state index contributed by atoms with van der Waals surface area (Å²) in [6, 6.07) is 8.53. The van der Waals surface area contributed by atoms with E-state index in [9.17, 15) is 5.11 Å². The summed E-state index contributed by atoms with van der Waals surface area (Å²) in [7, 11) is 0. The van der Waals surface area contributed by atoms with E-state index in [2.05, 4.69) is 38.1 Å². The first-order valence-corrected chi connectivity index (χ1v) is 6.48. The molecule has 1 fully saturated rings. The van der Waals surface area contributed by atoms with Gasteiger partial charge in [-0.1, -0.05) is 44.5 Å². The first-order chi connectivity index (χ1) is 7.70. The molecule has 2 atom stereocenters. The highest BCUT2D eigenvalue weighted by Crippen LogP contribution is 2.40. The fraction of sp³-hybridized carbons (Fsp3) is 0.600. The maximum Gasteiger partial charge on any atom is 0.0792 e.